The maximum atomic E-state index is 13.1. The molecule has 0 radical (unpaired) electrons. The van der Waals surface area contributed by atoms with Crippen molar-refractivity contribution in [1.29, 1.82) is 0 Å². The molecule has 8 aromatic rings. The van der Waals surface area contributed by atoms with Gasteiger partial charge < -0.3 is 15.4 Å². The van der Waals surface area contributed by atoms with Gasteiger partial charge in [-0.2, -0.15) is 0 Å². The Kier molecular flexibility index (Phi) is 19.8. The number of aromatic nitrogens is 2. The molecule has 2 aliphatic rings. The van der Waals surface area contributed by atoms with Gasteiger partial charge in [-0.3, -0.25) is 0 Å². The van der Waals surface area contributed by atoms with Crippen molar-refractivity contribution in [3.63, 3.8) is 0 Å². The first-order valence-electron chi connectivity index (χ1n) is 23.1. The van der Waals surface area contributed by atoms with Gasteiger partial charge in [0.2, 0.25) is 0 Å². The molecule has 2 heterocycles. The summed E-state index contributed by atoms with van der Waals surface area (Å²) >= 11 is -0.106. The van der Waals surface area contributed by atoms with Crippen LogP contribution < -0.4 is 42.5 Å². The molecule has 1 aliphatic carbocycles. The fraction of sp³-hybridized carbons (Fsp3) is 0.193. The molecule has 364 valence electrons. The van der Waals surface area contributed by atoms with Crippen LogP contribution in [0, 0.1) is 0 Å². The van der Waals surface area contributed by atoms with Gasteiger partial charge in [0.25, 0.3) is 0 Å². The summed E-state index contributed by atoms with van der Waals surface area (Å²) in [5.41, 5.74) is 7.82. The van der Waals surface area contributed by atoms with Gasteiger partial charge in [-0.25, -0.2) is 18.4 Å². The molecule has 70 heavy (non-hydrogen) atoms. The number of halogens is 2. The van der Waals surface area contributed by atoms with Crippen LogP contribution in [0.1, 0.15) is 39.3 Å². The molecule has 10 rings (SSSR count). The summed E-state index contributed by atoms with van der Waals surface area (Å²) in [4.78, 5) is 11.7. The number of nitrogens with zero attached hydrogens (tertiary/aromatic N) is 3. The van der Waals surface area contributed by atoms with Crippen LogP contribution in [0.3, 0.4) is 0 Å². The van der Waals surface area contributed by atoms with Gasteiger partial charge in [0.1, 0.15) is 10.6 Å². The standard InChI is InChI=1S/C21H28N4O3S.2C18H15P.2ClH.Pd/c1-14-13-28-11-10-25(14)19-12-18(21(2,3)29(26,27)17-8-9-17)23-20(24-19)15-4-6-16(22)7-5-15;2*1-4-10-16(11-5-1)19(17-12-6-2-7-13-17)18-14-8-3-9-15-18;;;/h4-7,12,14,17H,8-11,13,22H2,1-3H3;2*1-15H;2*1H;/q;;;;;+2/p-2/t14-;;;;;/m0...../s1. The van der Waals surface area contributed by atoms with E-state index in [1.165, 1.54) is 31.8 Å². The summed E-state index contributed by atoms with van der Waals surface area (Å²) in [5.74, 6) is 1.24. The van der Waals surface area contributed by atoms with E-state index in [1.807, 2.05) is 18.2 Å². The minimum absolute atomic E-state index is 0.106. The van der Waals surface area contributed by atoms with Crippen molar-refractivity contribution < 1.29 is 29.1 Å². The van der Waals surface area contributed by atoms with Crippen molar-refractivity contribution in [2.75, 3.05) is 30.4 Å². The minimum atomic E-state index is -3.34. The predicted molar refractivity (Wildman–Crippen MR) is 296 cm³/mol. The maximum absolute atomic E-state index is 13.1. The predicted octanol–water partition coefficient (Wildman–Crippen LogP) is 11.0. The topological polar surface area (TPSA) is 98.4 Å². The smallest absolute Gasteiger partial charge is 0.0134 e. The summed E-state index contributed by atoms with van der Waals surface area (Å²) in [6.45, 7) is 7.51. The summed E-state index contributed by atoms with van der Waals surface area (Å²) < 4.78 is 30.8. The normalized spacial score (nSPS) is 14.6. The third-order valence-corrected chi connectivity index (χ3v) is 19.8. The Hall–Kier alpha value is -4.77. The molecule has 1 saturated heterocycles. The number of sulfone groups is 1. The van der Waals surface area contributed by atoms with E-state index in [1.54, 1.807) is 26.0 Å². The third kappa shape index (κ3) is 14.0. The molecule has 1 atom stereocenters. The SMILES string of the molecule is C[C@H]1COCCN1c1cc(C(C)(C)S(=O)(=O)C2CC2)nc(-c2ccc(N)cc2)n1.[Cl][Pd][Cl].c1ccc(P(c2ccccc2)c2ccccc2)cc1.c1ccc(P(c2ccccc2)c2ccccc2)cc1. The number of ether oxygens (including phenoxy) is 1. The van der Waals surface area contributed by atoms with Gasteiger partial charge in [0.15, 0.2) is 15.7 Å². The molecule has 0 bridgehead atoms. The fourth-order valence-electron chi connectivity index (χ4n) is 8.02. The van der Waals surface area contributed by atoms with E-state index < -0.39 is 30.4 Å². The molecule has 2 fully saturated rings. The zero-order chi connectivity index (χ0) is 49.4. The Bertz CT molecular complexity index is 2610. The second-order valence-electron chi connectivity index (χ2n) is 17.2. The average molecular weight is 1120 g/mol. The molecule has 7 nitrogen and oxygen atoms in total. The van der Waals surface area contributed by atoms with E-state index in [4.69, 9.17) is 39.5 Å². The monoisotopic (exact) mass is 1120 g/mol. The second-order valence-corrected chi connectivity index (χ2v) is 26.7. The number of nitrogen functional groups attached to an aromatic ring is 1. The Morgan fingerprint density at radius 1 is 0.600 bits per heavy atom. The van der Waals surface area contributed by atoms with Gasteiger partial charge in [-0.05, 0) is 106 Å². The molecular formula is C57H58Cl2N4O3P2PdS. The van der Waals surface area contributed by atoms with E-state index in [9.17, 15) is 8.42 Å². The molecule has 7 aromatic carbocycles. The van der Waals surface area contributed by atoms with E-state index >= 15 is 0 Å². The van der Waals surface area contributed by atoms with Crippen molar-refractivity contribution in [1.82, 2.24) is 9.97 Å². The third-order valence-electron chi connectivity index (χ3n) is 11.9. The molecule has 2 N–H and O–H groups in total. The first-order chi connectivity index (χ1) is 34.0. The number of morpholine rings is 1. The molecule has 1 saturated carbocycles. The minimum Gasteiger partial charge on any atom is -0.0622 e. The van der Waals surface area contributed by atoms with E-state index in [2.05, 4.69) is 194 Å². The summed E-state index contributed by atoms with van der Waals surface area (Å²) in [7, 11) is 5.40. The van der Waals surface area contributed by atoms with Crippen LogP contribution in [-0.2, 0) is 35.3 Å². The largest absolute Gasteiger partial charge is 0.0622 e. The van der Waals surface area contributed by atoms with Crippen LogP contribution in [0.4, 0.5) is 11.5 Å². The molecule has 1 aliphatic heterocycles. The fourth-order valence-corrected chi connectivity index (χ4v) is 14.6. The molecule has 1 aromatic heterocycles. The van der Waals surface area contributed by atoms with Gasteiger partial charge >= 0.3 is 35.0 Å². The number of nitrogens with two attached hydrogens (primary N) is 1. The Morgan fingerprint density at radius 2 is 0.957 bits per heavy atom. The van der Waals surface area contributed by atoms with Gasteiger partial charge in [0.05, 0.1) is 30.2 Å². The number of benzene rings is 7. The number of hydrogen-bond acceptors (Lipinski definition) is 7. The average Bonchev–Trinajstić information content (AvgIpc) is 4.27. The quantitative estimate of drug-likeness (QED) is 0.0783. The summed E-state index contributed by atoms with van der Waals surface area (Å²) in [6.07, 6.45) is 1.46. The second kappa shape index (κ2) is 26.1. The van der Waals surface area contributed by atoms with Crippen LogP contribution in [0.15, 0.2) is 212 Å². The molecule has 0 amide bonds. The first-order valence-corrected chi connectivity index (χ1v) is 31.3. The van der Waals surface area contributed by atoms with Gasteiger partial charge in [0, 0.05) is 23.9 Å². The number of rotatable bonds is 11. The van der Waals surface area contributed by atoms with Crippen molar-refractivity contribution in [2.45, 2.75) is 49.7 Å². The van der Waals surface area contributed by atoms with Gasteiger partial charge in [-0.15, -0.1) is 0 Å². The Labute approximate surface area is 433 Å². The zero-order valence-corrected chi connectivity index (χ0v) is 45.1. The summed E-state index contributed by atoms with van der Waals surface area (Å²) in [5, 5.41) is 8.12. The first kappa shape index (κ1) is 53.0. The van der Waals surface area contributed by atoms with Crippen molar-refractivity contribution in [2.24, 2.45) is 0 Å². The zero-order valence-electron chi connectivity index (χ0n) is 39.4. The Balaban J connectivity index is 0.000000155. The van der Waals surface area contributed by atoms with E-state index in [0.717, 1.165) is 24.2 Å². The molecular weight excluding hydrogens is 1060 g/mol. The van der Waals surface area contributed by atoms with E-state index in [0.29, 0.717) is 37.0 Å². The number of anilines is 2. The van der Waals surface area contributed by atoms with Crippen molar-refractivity contribution in [3.05, 3.63) is 218 Å². The molecule has 13 heteroatoms. The van der Waals surface area contributed by atoms with E-state index in [-0.39, 0.29) is 27.2 Å². The van der Waals surface area contributed by atoms with Crippen LogP contribution in [0.2, 0.25) is 0 Å². The molecule has 0 unspecified atom stereocenters. The Morgan fingerprint density at radius 3 is 1.29 bits per heavy atom. The van der Waals surface area contributed by atoms with Gasteiger partial charge in [-0.1, -0.05) is 182 Å². The van der Waals surface area contributed by atoms with Crippen molar-refractivity contribution >= 4 is 88.1 Å². The van der Waals surface area contributed by atoms with Crippen LogP contribution in [-0.4, -0.2) is 49.4 Å². The summed E-state index contributed by atoms with van der Waals surface area (Å²) in [6, 6.07) is 74.0. The number of hydrogen-bond donors (Lipinski definition) is 1. The van der Waals surface area contributed by atoms with Crippen LogP contribution in [0.5, 0.6) is 0 Å². The van der Waals surface area contributed by atoms with Crippen LogP contribution in [0.25, 0.3) is 11.4 Å². The maximum Gasteiger partial charge on any atom is -0.0134 e. The molecule has 0 spiro atoms. The van der Waals surface area contributed by atoms with Crippen molar-refractivity contribution in [3.8, 4) is 11.4 Å². The van der Waals surface area contributed by atoms with Crippen LogP contribution >= 0.6 is 34.9 Å².